The van der Waals surface area contributed by atoms with Crippen molar-refractivity contribution in [3.8, 4) is 0 Å². The summed E-state index contributed by atoms with van der Waals surface area (Å²) < 4.78 is 19.4. The Balaban J connectivity index is 2.59. The van der Waals surface area contributed by atoms with Gasteiger partial charge in [0.2, 0.25) is 0 Å². The van der Waals surface area contributed by atoms with E-state index >= 15 is 0 Å². The van der Waals surface area contributed by atoms with Gasteiger partial charge in [-0.25, -0.2) is 9.37 Å². The van der Waals surface area contributed by atoms with Crippen LogP contribution in [0.1, 0.15) is 18.1 Å². The molecule has 0 aliphatic heterocycles. The molecule has 1 aromatic heterocycles. The molecule has 96 valence electrons. The highest BCUT2D eigenvalue weighted by Crippen LogP contribution is 2.25. The number of fused-ring (bicyclic) bond motifs is 1. The van der Waals surface area contributed by atoms with Crippen LogP contribution in [0.25, 0.3) is 11.0 Å². The standard InChI is InChI=1S/C12H12ClFN2O2/c1-7(13)12-15-9-5-8(14)3-4-10(9)16(12)6-11(17)18-2/h3-5,7H,6H2,1-2H3. The number of aromatic nitrogens is 2. The quantitative estimate of drug-likeness (QED) is 0.636. The molecule has 0 bridgehead atoms. The highest BCUT2D eigenvalue weighted by molar-refractivity contribution is 6.20. The number of hydrogen-bond acceptors (Lipinski definition) is 3. The monoisotopic (exact) mass is 270 g/mol. The van der Waals surface area contributed by atoms with Crippen LogP contribution in [0.4, 0.5) is 4.39 Å². The lowest BCUT2D eigenvalue weighted by Crippen LogP contribution is -2.14. The van der Waals surface area contributed by atoms with Gasteiger partial charge in [-0.15, -0.1) is 11.6 Å². The van der Waals surface area contributed by atoms with Crippen molar-refractivity contribution in [2.75, 3.05) is 7.11 Å². The summed E-state index contributed by atoms with van der Waals surface area (Å²) in [7, 11) is 1.31. The number of alkyl halides is 1. The molecule has 0 N–H and O–H groups in total. The molecule has 1 heterocycles. The zero-order chi connectivity index (χ0) is 13.3. The van der Waals surface area contributed by atoms with E-state index in [9.17, 15) is 9.18 Å². The summed E-state index contributed by atoms with van der Waals surface area (Å²) in [5.41, 5.74) is 1.13. The number of esters is 1. The largest absolute Gasteiger partial charge is 0.468 e. The maximum Gasteiger partial charge on any atom is 0.325 e. The second-order valence-electron chi connectivity index (χ2n) is 3.88. The molecule has 0 saturated carbocycles. The lowest BCUT2D eigenvalue weighted by molar-refractivity contribution is -0.141. The van der Waals surface area contributed by atoms with Gasteiger partial charge in [0, 0.05) is 6.07 Å². The van der Waals surface area contributed by atoms with E-state index in [1.165, 1.54) is 19.2 Å². The molecule has 18 heavy (non-hydrogen) atoms. The van der Waals surface area contributed by atoms with Crippen molar-refractivity contribution in [1.82, 2.24) is 9.55 Å². The summed E-state index contributed by atoms with van der Waals surface area (Å²) in [6, 6.07) is 4.20. The van der Waals surface area contributed by atoms with E-state index in [1.54, 1.807) is 17.6 Å². The van der Waals surface area contributed by atoms with Gasteiger partial charge in [0.05, 0.1) is 23.5 Å². The Labute approximate surface area is 108 Å². The zero-order valence-corrected chi connectivity index (χ0v) is 10.7. The second kappa shape index (κ2) is 4.94. The van der Waals surface area contributed by atoms with Crippen molar-refractivity contribution in [3.05, 3.63) is 29.8 Å². The fourth-order valence-corrected chi connectivity index (χ4v) is 1.95. The van der Waals surface area contributed by atoms with Gasteiger partial charge in [0.15, 0.2) is 0 Å². The molecule has 0 aliphatic rings. The molecule has 2 aromatic rings. The minimum absolute atomic E-state index is 0.00499. The molecular weight excluding hydrogens is 259 g/mol. The van der Waals surface area contributed by atoms with Crippen molar-refractivity contribution in [3.63, 3.8) is 0 Å². The first-order valence-electron chi connectivity index (χ1n) is 5.39. The Morgan fingerprint density at radius 3 is 2.94 bits per heavy atom. The summed E-state index contributed by atoms with van der Waals surface area (Å²) in [5.74, 6) is -0.265. The molecule has 0 spiro atoms. The van der Waals surface area contributed by atoms with E-state index < -0.39 is 5.97 Å². The van der Waals surface area contributed by atoms with Crippen LogP contribution in [0.2, 0.25) is 0 Å². The number of carbonyl (C=O) groups excluding carboxylic acids is 1. The molecule has 1 aromatic carbocycles. The number of imidazole rings is 1. The van der Waals surface area contributed by atoms with E-state index in [4.69, 9.17) is 11.6 Å². The molecule has 6 heteroatoms. The number of ether oxygens (including phenoxy) is 1. The van der Waals surface area contributed by atoms with Gasteiger partial charge in [-0.2, -0.15) is 0 Å². The van der Waals surface area contributed by atoms with E-state index in [1.807, 2.05) is 0 Å². The minimum Gasteiger partial charge on any atom is -0.468 e. The minimum atomic E-state index is -0.405. The molecule has 0 radical (unpaired) electrons. The molecule has 0 aliphatic carbocycles. The van der Waals surface area contributed by atoms with Crippen LogP contribution in [0.5, 0.6) is 0 Å². The maximum atomic E-state index is 13.1. The zero-order valence-electron chi connectivity index (χ0n) is 9.98. The summed E-state index contributed by atoms with van der Waals surface area (Å²) in [6.07, 6.45) is 0. The fraction of sp³-hybridized carbons (Fsp3) is 0.333. The molecular formula is C12H12ClFN2O2. The molecule has 1 atom stereocenters. The van der Waals surface area contributed by atoms with Gasteiger partial charge in [0.1, 0.15) is 18.2 Å². The van der Waals surface area contributed by atoms with E-state index in [0.29, 0.717) is 16.9 Å². The van der Waals surface area contributed by atoms with Crippen LogP contribution in [0, 0.1) is 5.82 Å². The second-order valence-corrected chi connectivity index (χ2v) is 4.54. The third-order valence-electron chi connectivity index (χ3n) is 2.61. The summed E-state index contributed by atoms with van der Waals surface area (Å²) in [5, 5.41) is -0.384. The number of benzene rings is 1. The highest BCUT2D eigenvalue weighted by atomic mass is 35.5. The number of nitrogens with zero attached hydrogens (tertiary/aromatic N) is 2. The average Bonchev–Trinajstić information content (AvgIpc) is 2.67. The highest BCUT2D eigenvalue weighted by Gasteiger charge is 2.17. The number of methoxy groups -OCH3 is 1. The van der Waals surface area contributed by atoms with Crippen LogP contribution in [0.15, 0.2) is 18.2 Å². The van der Waals surface area contributed by atoms with Crippen molar-refractivity contribution in [1.29, 1.82) is 0 Å². The SMILES string of the molecule is COC(=O)Cn1c(C(C)Cl)nc2cc(F)ccc21. The smallest absolute Gasteiger partial charge is 0.325 e. The molecule has 0 amide bonds. The van der Waals surface area contributed by atoms with Crippen molar-refractivity contribution in [2.24, 2.45) is 0 Å². The first-order valence-corrected chi connectivity index (χ1v) is 5.83. The van der Waals surface area contributed by atoms with Gasteiger partial charge in [-0.05, 0) is 19.1 Å². The van der Waals surface area contributed by atoms with E-state index in [2.05, 4.69) is 9.72 Å². The summed E-state index contributed by atoms with van der Waals surface area (Å²) >= 11 is 6.02. The predicted molar refractivity (Wildman–Crippen MR) is 66.0 cm³/mol. The van der Waals surface area contributed by atoms with Crippen molar-refractivity contribution in [2.45, 2.75) is 18.8 Å². The third-order valence-corrected chi connectivity index (χ3v) is 2.81. The van der Waals surface area contributed by atoms with Crippen molar-refractivity contribution >= 4 is 28.6 Å². The third kappa shape index (κ3) is 2.31. The van der Waals surface area contributed by atoms with Gasteiger partial charge >= 0.3 is 5.97 Å². The van der Waals surface area contributed by atoms with Gasteiger partial charge in [-0.3, -0.25) is 4.79 Å². The van der Waals surface area contributed by atoms with Crippen LogP contribution in [-0.2, 0) is 16.1 Å². The molecule has 2 rings (SSSR count). The molecule has 1 unspecified atom stereocenters. The first kappa shape index (κ1) is 12.8. The van der Waals surface area contributed by atoms with Crippen LogP contribution in [0.3, 0.4) is 0 Å². The van der Waals surface area contributed by atoms with E-state index in [0.717, 1.165) is 0 Å². The topological polar surface area (TPSA) is 44.1 Å². The van der Waals surface area contributed by atoms with Crippen LogP contribution < -0.4 is 0 Å². The Kier molecular flexibility index (Phi) is 3.52. The summed E-state index contributed by atoms with van der Waals surface area (Å²) in [4.78, 5) is 15.6. The van der Waals surface area contributed by atoms with E-state index in [-0.39, 0.29) is 17.7 Å². The number of halogens is 2. The lowest BCUT2D eigenvalue weighted by atomic mass is 10.3. The predicted octanol–water partition coefficient (Wildman–Crippen LogP) is 2.65. The number of rotatable bonds is 3. The normalized spacial score (nSPS) is 12.7. The van der Waals surface area contributed by atoms with Crippen molar-refractivity contribution < 1.29 is 13.9 Å². The Morgan fingerprint density at radius 2 is 2.33 bits per heavy atom. The van der Waals surface area contributed by atoms with Gasteiger partial charge in [0.25, 0.3) is 0 Å². The molecule has 4 nitrogen and oxygen atoms in total. The number of hydrogen-bond donors (Lipinski definition) is 0. The molecule has 0 saturated heterocycles. The van der Waals surface area contributed by atoms with Gasteiger partial charge in [-0.1, -0.05) is 0 Å². The number of carbonyl (C=O) groups is 1. The van der Waals surface area contributed by atoms with Crippen LogP contribution in [-0.4, -0.2) is 22.6 Å². The Bertz CT molecular complexity index is 595. The maximum absolute atomic E-state index is 13.1. The Morgan fingerprint density at radius 1 is 1.61 bits per heavy atom. The fourth-order valence-electron chi connectivity index (χ4n) is 1.79. The van der Waals surface area contributed by atoms with Gasteiger partial charge < -0.3 is 9.30 Å². The molecule has 0 fully saturated rings. The average molecular weight is 271 g/mol. The Hall–Kier alpha value is -1.62. The lowest BCUT2D eigenvalue weighted by Gasteiger charge is -2.08. The van der Waals surface area contributed by atoms with Crippen LogP contribution >= 0.6 is 11.6 Å². The summed E-state index contributed by atoms with van der Waals surface area (Å²) in [6.45, 7) is 1.75. The first-order chi connectivity index (χ1) is 8.52.